The van der Waals surface area contributed by atoms with E-state index in [1.165, 1.54) is 52.4 Å². The van der Waals surface area contributed by atoms with Crippen LogP contribution >= 0.6 is 23.2 Å². The molecule has 77 heavy (non-hydrogen) atoms. The summed E-state index contributed by atoms with van der Waals surface area (Å²) in [6, 6.07) is 61.1. The van der Waals surface area contributed by atoms with Gasteiger partial charge in [0.25, 0.3) is 0 Å². The lowest BCUT2D eigenvalue weighted by molar-refractivity contribution is -0.894. The van der Waals surface area contributed by atoms with E-state index in [-0.39, 0.29) is 0 Å². The summed E-state index contributed by atoms with van der Waals surface area (Å²) in [5.74, 6) is 2.69. The van der Waals surface area contributed by atoms with E-state index in [0.717, 1.165) is 29.3 Å². The third-order valence-electron chi connectivity index (χ3n) is 9.69. The van der Waals surface area contributed by atoms with Crippen molar-refractivity contribution >= 4 is 41.3 Å². The first kappa shape index (κ1) is 85.5. The first-order valence-corrected chi connectivity index (χ1v) is 27.5. The summed E-state index contributed by atoms with van der Waals surface area (Å²) < 4.78 is 1.79. The minimum Gasteiger partial charge on any atom is -0.364 e. The molecule has 432 valence electrons. The molecule has 0 saturated carbocycles. The number of hydrogen-bond donors (Lipinski definition) is 3. The highest BCUT2D eigenvalue weighted by atomic mass is 35.5. The predicted molar refractivity (Wildman–Crippen MR) is 350 cm³/mol. The van der Waals surface area contributed by atoms with Crippen LogP contribution in [0.2, 0.25) is 0 Å². The number of rotatable bonds is 8. The van der Waals surface area contributed by atoms with Crippen LogP contribution < -0.4 is 5.32 Å². The molecule has 0 radical (unpaired) electrons. The summed E-state index contributed by atoms with van der Waals surface area (Å²) in [7, 11) is 16.2. The number of aryl methyl sites for hydroxylation is 4. The van der Waals surface area contributed by atoms with E-state index in [0.29, 0.717) is 11.0 Å². The van der Waals surface area contributed by atoms with Crippen LogP contribution in [0.3, 0.4) is 0 Å². The lowest BCUT2D eigenvalue weighted by atomic mass is 10.2. The molecule has 6 aromatic carbocycles. The Kier molecular flexibility index (Phi) is 74.1. The van der Waals surface area contributed by atoms with Crippen molar-refractivity contribution in [3.05, 3.63) is 235 Å². The van der Waals surface area contributed by atoms with Crippen molar-refractivity contribution in [3.8, 4) is 0 Å². The SMILES string of the molecule is C=C=O.C=Cc1ccccc1.C=Cc1ccccc1.CCCl.CCCl.CCN(C)C.CC[N+](C)(C)CC.CC[N+](C)(C)CC(O)O.CNC.Cc1ccccc1.Cc1ccccc1.Cc1ccccc1.Cc1ccccc1. The number of hydrogen-bond acceptors (Lipinski definition) is 5. The first-order chi connectivity index (χ1) is 36.5. The topological polar surface area (TPSA) is 72.8 Å². The van der Waals surface area contributed by atoms with Crippen molar-refractivity contribution in [3.63, 3.8) is 0 Å². The summed E-state index contributed by atoms with van der Waals surface area (Å²) in [5.41, 5.74) is 7.63. The Morgan fingerprint density at radius 2 is 0.662 bits per heavy atom. The third kappa shape index (κ3) is 84.8. The molecule has 0 atom stereocenters. The Morgan fingerprint density at radius 1 is 0.494 bits per heavy atom. The third-order valence-corrected chi connectivity index (χ3v) is 9.69. The minimum absolute atomic E-state index is 0.399. The maximum absolute atomic E-state index is 8.57. The number of halogens is 2. The number of likely N-dealkylation sites (N-methyl/N-ethyl adjacent to an activating group) is 1. The van der Waals surface area contributed by atoms with Gasteiger partial charge >= 0.3 is 0 Å². The highest BCUT2D eigenvalue weighted by Gasteiger charge is 2.15. The fourth-order valence-electron chi connectivity index (χ4n) is 4.11. The van der Waals surface area contributed by atoms with E-state index in [4.69, 9.17) is 38.2 Å². The van der Waals surface area contributed by atoms with Crippen molar-refractivity contribution in [1.82, 2.24) is 10.2 Å². The molecule has 7 nitrogen and oxygen atoms in total. The number of carbonyl (C=O) groups excluding carboxylic acids is 1. The van der Waals surface area contributed by atoms with E-state index >= 15 is 0 Å². The van der Waals surface area contributed by atoms with Gasteiger partial charge in [-0.15, -0.1) is 23.2 Å². The van der Waals surface area contributed by atoms with Crippen LogP contribution in [-0.2, 0) is 4.79 Å². The fourth-order valence-corrected chi connectivity index (χ4v) is 4.11. The Hall–Kier alpha value is -5.41. The molecule has 0 aromatic heterocycles. The second-order valence-electron chi connectivity index (χ2n) is 17.9. The molecule has 3 N–H and O–H groups in total. The van der Waals surface area contributed by atoms with Gasteiger partial charge in [-0.3, -0.25) is 0 Å². The smallest absolute Gasteiger partial charge is 0.202 e. The number of quaternary nitrogens is 2. The molecule has 0 spiro atoms. The molecule has 0 saturated heterocycles. The largest absolute Gasteiger partial charge is 0.364 e. The van der Waals surface area contributed by atoms with Crippen molar-refractivity contribution < 1.29 is 24.0 Å². The van der Waals surface area contributed by atoms with Crippen molar-refractivity contribution in [2.75, 3.05) is 101 Å². The Balaban J connectivity index is -0.000000140. The fraction of sp³-hybridized carbons (Fsp3) is 0.382. The summed E-state index contributed by atoms with van der Waals surface area (Å²) in [6.45, 7) is 35.5. The van der Waals surface area contributed by atoms with Gasteiger partial charge in [-0.1, -0.05) is 250 Å². The molecule has 0 aliphatic heterocycles. The van der Waals surface area contributed by atoms with Gasteiger partial charge in [0.2, 0.25) is 6.29 Å². The van der Waals surface area contributed by atoms with Crippen LogP contribution in [0.1, 0.15) is 74.9 Å². The van der Waals surface area contributed by atoms with Crippen LogP contribution in [0.25, 0.3) is 12.2 Å². The van der Waals surface area contributed by atoms with Crippen LogP contribution in [0.4, 0.5) is 0 Å². The predicted octanol–water partition coefficient (Wildman–Crippen LogP) is 16.0. The highest BCUT2D eigenvalue weighted by Crippen LogP contribution is 2.00. The molecule has 0 amide bonds. The number of aliphatic hydroxyl groups excluding tert-OH is 1. The zero-order chi connectivity index (χ0) is 60.6. The number of alkyl halides is 2. The van der Waals surface area contributed by atoms with Crippen LogP contribution in [0.15, 0.2) is 202 Å². The lowest BCUT2D eigenvalue weighted by Gasteiger charge is -2.28. The van der Waals surface area contributed by atoms with E-state index in [2.05, 4.69) is 155 Å². The first-order valence-electron chi connectivity index (χ1n) is 26.4. The maximum atomic E-state index is 8.57. The van der Waals surface area contributed by atoms with Gasteiger partial charge < -0.3 is 29.4 Å². The van der Waals surface area contributed by atoms with Gasteiger partial charge in [-0.2, -0.15) is 0 Å². The standard InChI is InChI=1S/2C8H8.4C7H8.C6H16NO2.C6H16N.C4H11N.2C2H5Cl.C2H7N.C2H2O/c2*1-2-8-6-4-3-5-7-8;4*1-7-5-3-2-4-6-7;1-4-7(2,3)5-6(8)9;1-5-7(3,4)6-2;1-4-5(2)3;2*1-2-3;1-3-2;1-2-3/h2*2-7H,1H2;4*2-6H,1H3;6,8-9H,4-5H2,1-3H3;5-6H2,1-4H3;4H2,1-3H3;2*2H2,1H3;3H,1-2H3;1H2/q;;;;;;2*+1;;;;;. The molecule has 6 rings (SSSR count). The molecule has 0 aliphatic carbocycles. The second kappa shape index (κ2) is 66.7. The Bertz CT molecular complexity index is 1830. The number of aliphatic hydroxyl groups is 2. The Labute approximate surface area is 484 Å². The van der Waals surface area contributed by atoms with Crippen LogP contribution in [0.5, 0.6) is 0 Å². The monoisotopic (exact) mass is 1100 g/mol. The number of nitrogens with zero attached hydrogens (tertiary/aromatic N) is 3. The molecule has 0 heterocycles. The number of nitrogens with one attached hydrogen (secondary N) is 1. The Morgan fingerprint density at radius 3 is 0.727 bits per heavy atom. The quantitative estimate of drug-likeness (QED) is 0.0613. The average Bonchev–Trinajstić information content (AvgIpc) is 3.42. The molecule has 0 aliphatic rings. The molecule has 0 fully saturated rings. The van der Waals surface area contributed by atoms with Crippen molar-refractivity contribution in [2.45, 2.75) is 75.5 Å². The van der Waals surface area contributed by atoms with Gasteiger partial charge in [-0.05, 0) is 101 Å². The molecular weight excluding hydrogens is 992 g/mol. The zero-order valence-electron chi connectivity index (χ0n) is 51.5. The molecule has 0 unspecified atom stereocenters. The van der Waals surface area contributed by atoms with E-state index < -0.39 is 6.29 Å². The van der Waals surface area contributed by atoms with Gasteiger partial charge in [-0.25, -0.2) is 4.79 Å². The lowest BCUT2D eigenvalue weighted by Crippen LogP contribution is -2.44. The molecule has 9 heteroatoms. The van der Waals surface area contributed by atoms with Gasteiger partial charge in [0.1, 0.15) is 12.5 Å². The van der Waals surface area contributed by atoms with Crippen molar-refractivity contribution in [1.29, 1.82) is 0 Å². The van der Waals surface area contributed by atoms with Crippen LogP contribution in [-0.4, -0.2) is 137 Å². The number of benzene rings is 6. The summed E-state index contributed by atoms with van der Waals surface area (Å²) in [4.78, 5) is 10.7. The molecular formula is C68H110Cl2N4O3+2. The van der Waals surface area contributed by atoms with E-state index in [1.807, 2.05) is 195 Å². The summed E-state index contributed by atoms with van der Waals surface area (Å²) in [6.07, 6.45) is 2.49. The van der Waals surface area contributed by atoms with Gasteiger partial charge in [0.05, 0.1) is 47.8 Å². The van der Waals surface area contributed by atoms with Crippen molar-refractivity contribution in [2.24, 2.45) is 0 Å². The normalized spacial score (nSPS) is 8.94. The molecule has 6 aromatic rings. The zero-order valence-corrected chi connectivity index (χ0v) is 53.0. The van der Waals surface area contributed by atoms with Gasteiger partial charge in [0, 0.05) is 11.8 Å². The highest BCUT2D eigenvalue weighted by molar-refractivity contribution is 6.17. The summed E-state index contributed by atoms with van der Waals surface area (Å²) in [5, 5.41) is 19.9. The van der Waals surface area contributed by atoms with E-state index in [9.17, 15) is 0 Å². The average molecular weight is 1100 g/mol. The maximum Gasteiger partial charge on any atom is 0.202 e. The van der Waals surface area contributed by atoms with Gasteiger partial charge in [0.15, 0.2) is 0 Å². The second-order valence-corrected chi connectivity index (χ2v) is 19.0. The summed E-state index contributed by atoms with van der Waals surface area (Å²) >= 11 is 10.00. The molecule has 0 bridgehead atoms. The van der Waals surface area contributed by atoms with E-state index in [1.54, 1.807) is 0 Å². The van der Waals surface area contributed by atoms with Crippen LogP contribution in [0, 0.1) is 27.7 Å². The minimum atomic E-state index is -1.18.